The molecular weight excluding hydrogens is 224 g/mol. The van der Waals surface area contributed by atoms with Crippen LogP contribution in [0.3, 0.4) is 0 Å². The van der Waals surface area contributed by atoms with E-state index in [-0.39, 0.29) is 5.91 Å². The molecule has 0 atom stereocenters. The maximum atomic E-state index is 12.4. The second-order valence-electron chi connectivity index (χ2n) is 4.94. The number of rotatable bonds is 4. The maximum absolute atomic E-state index is 12.4. The molecule has 1 fully saturated rings. The van der Waals surface area contributed by atoms with Crippen LogP contribution in [0.2, 0.25) is 0 Å². The maximum Gasteiger partial charge on any atom is 0.254 e. The Morgan fingerprint density at radius 2 is 2.11 bits per heavy atom. The molecule has 1 saturated carbocycles. The first-order valence-corrected chi connectivity index (χ1v) is 6.38. The van der Waals surface area contributed by atoms with Crippen LogP contribution in [0.4, 0.5) is 0 Å². The van der Waals surface area contributed by atoms with Gasteiger partial charge in [-0.05, 0) is 49.9 Å². The zero-order valence-electron chi connectivity index (χ0n) is 10.9. The Bertz CT molecular complexity index is 498. The fourth-order valence-corrected chi connectivity index (χ4v) is 2.05. The number of nitriles is 1. The largest absolute Gasteiger partial charge is 0.335 e. The molecule has 1 aromatic carbocycles. The molecule has 2 rings (SSSR count). The van der Waals surface area contributed by atoms with Gasteiger partial charge in [-0.15, -0.1) is 0 Å². The molecule has 0 saturated heterocycles. The molecule has 94 valence electrons. The summed E-state index contributed by atoms with van der Waals surface area (Å²) in [4.78, 5) is 14.3. The number of nitrogens with zero attached hydrogens (tertiary/aromatic N) is 2. The highest BCUT2D eigenvalue weighted by molar-refractivity contribution is 5.95. The smallest absolute Gasteiger partial charge is 0.254 e. The van der Waals surface area contributed by atoms with E-state index in [0.717, 1.165) is 24.0 Å². The zero-order chi connectivity index (χ0) is 13.1. The van der Waals surface area contributed by atoms with Gasteiger partial charge in [-0.2, -0.15) is 5.26 Å². The summed E-state index contributed by atoms with van der Waals surface area (Å²) in [5, 5.41) is 8.66. The quantitative estimate of drug-likeness (QED) is 0.815. The minimum Gasteiger partial charge on any atom is -0.335 e. The van der Waals surface area contributed by atoms with Crippen LogP contribution in [0.25, 0.3) is 0 Å². The third kappa shape index (κ3) is 2.70. The van der Waals surface area contributed by atoms with E-state index in [1.807, 2.05) is 36.9 Å². The first kappa shape index (κ1) is 12.6. The number of hydrogen-bond acceptors (Lipinski definition) is 2. The van der Waals surface area contributed by atoms with Crippen molar-refractivity contribution in [2.24, 2.45) is 0 Å². The second-order valence-corrected chi connectivity index (χ2v) is 4.94. The Morgan fingerprint density at radius 3 is 2.67 bits per heavy atom. The zero-order valence-corrected chi connectivity index (χ0v) is 10.9. The SMILES string of the molecule is Cc1ccc(C(=O)N(CCC#N)C2CC2)cc1C. The van der Waals surface area contributed by atoms with Gasteiger partial charge >= 0.3 is 0 Å². The Morgan fingerprint density at radius 1 is 1.39 bits per heavy atom. The van der Waals surface area contributed by atoms with E-state index < -0.39 is 0 Å². The fourth-order valence-electron chi connectivity index (χ4n) is 2.05. The van der Waals surface area contributed by atoms with Crippen molar-refractivity contribution in [2.75, 3.05) is 6.54 Å². The van der Waals surface area contributed by atoms with Gasteiger partial charge in [0.1, 0.15) is 0 Å². The lowest BCUT2D eigenvalue weighted by molar-refractivity contribution is 0.0746. The second kappa shape index (κ2) is 5.22. The first-order chi connectivity index (χ1) is 8.63. The lowest BCUT2D eigenvalue weighted by Crippen LogP contribution is -2.33. The summed E-state index contributed by atoms with van der Waals surface area (Å²) in [5.41, 5.74) is 3.07. The van der Waals surface area contributed by atoms with Crippen LogP contribution in [0, 0.1) is 25.2 Å². The molecule has 1 aliphatic carbocycles. The average Bonchev–Trinajstić information content (AvgIpc) is 3.17. The molecule has 3 heteroatoms. The first-order valence-electron chi connectivity index (χ1n) is 6.38. The fraction of sp³-hybridized carbons (Fsp3) is 0.467. The van der Waals surface area contributed by atoms with Crippen LogP contribution < -0.4 is 0 Å². The number of carbonyl (C=O) groups excluding carboxylic acids is 1. The van der Waals surface area contributed by atoms with Crippen LogP contribution in [-0.4, -0.2) is 23.4 Å². The highest BCUT2D eigenvalue weighted by Crippen LogP contribution is 2.28. The molecule has 0 heterocycles. The Labute approximate surface area is 108 Å². The standard InChI is InChI=1S/C15H18N2O/c1-11-4-5-13(10-12(11)2)15(18)17(9-3-8-16)14-6-7-14/h4-5,10,14H,3,6-7,9H2,1-2H3. The van der Waals surface area contributed by atoms with Crippen LogP contribution in [0.15, 0.2) is 18.2 Å². The Hall–Kier alpha value is -1.82. The molecule has 1 aromatic rings. The van der Waals surface area contributed by atoms with E-state index in [0.29, 0.717) is 19.0 Å². The molecule has 3 nitrogen and oxygen atoms in total. The summed E-state index contributed by atoms with van der Waals surface area (Å²) >= 11 is 0. The van der Waals surface area contributed by atoms with Crippen LogP contribution in [-0.2, 0) is 0 Å². The molecule has 0 spiro atoms. The van der Waals surface area contributed by atoms with Crippen molar-refractivity contribution in [3.8, 4) is 6.07 Å². The van der Waals surface area contributed by atoms with E-state index in [2.05, 4.69) is 6.07 Å². The molecule has 0 radical (unpaired) electrons. The third-order valence-electron chi connectivity index (χ3n) is 3.47. The van der Waals surface area contributed by atoms with E-state index in [1.165, 1.54) is 5.56 Å². The molecule has 0 unspecified atom stereocenters. The third-order valence-corrected chi connectivity index (χ3v) is 3.47. The van der Waals surface area contributed by atoms with Gasteiger partial charge in [-0.1, -0.05) is 6.07 Å². The van der Waals surface area contributed by atoms with Crippen molar-refractivity contribution in [3.63, 3.8) is 0 Å². The van der Waals surface area contributed by atoms with Gasteiger partial charge in [0.15, 0.2) is 0 Å². The summed E-state index contributed by atoms with van der Waals surface area (Å²) < 4.78 is 0. The number of hydrogen-bond donors (Lipinski definition) is 0. The lowest BCUT2D eigenvalue weighted by Gasteiger charge is -2.21. The molecule has 18 heavy (non-hydrogen) atoms. The van der Waals surface area contributed by atoms with Gasteiger partial charge in [0, 0.05) is 18.2 Å². The minimum atomic E-state index is 0.0656. The van der Waals surface area contributed by atoms with Crippen molar-refractivity contribution in [1.82, 2.24) is 4.90 Å². The molecular formula is C15H18N2O. The average molecular weight is 242 g/mol. The summed E-state index contributed by atoms with van der Waals surface area (Å²) in [6.45, 7) is 4.60. The highest BCUT2D eigenvalue weighted by atomic mass is 16.2. The minimum absolute atomic E-state index is 0.0656. The summed E-state index contributed by atoms with van der Waals surface area (Å²) in [7, 11) is 0. The highest BCUT2D eigenvalue weighted by Gasteiger charge is 2.32. The number of amides is 1. The van der Waals surface area contributed by atoms with Gasteiger partial charge in [0.2, 0.25) is 0 Å². The number of carbonyl (C=O) groups is 1. The molecule has 0 aliphatic heterocycles. The molecule has 0 N–H and O–H groups in total. The predicted molar refractivity (Wildman–Crippen MR) is 70.2 cm³/mol. The van der Waals surface area contributed by atoms with Crippen molar-refractivity contribution in [2.45, 2.75) is 39.2 Å². The van der Waals surface area contributed by atoms with Crippen molar-refractivity contribution in [3.05, 3.63) is 34.9 Å². The number of aryl methyl sites for hydroxylation is 2. The van der Waals surface area contributed by atoms with Crippen LogP contribution >= 0.6 is 0 Å². The summed E-state index contributed by atoms with van der Waals surface area (Å²) in [6, 6.07) is 8.28. The van der Waals surface area contributed by atoms with Crippen molar-refractivity contribution >= 4 is 5.91 Å². The van der Waals surface area contributed by atoms with Gasteiger partial charge in [0.25, 0.3) is 5.91 Å². The van der Waals surface area contributed by atoms with E-state index in [9.17, 15) is 4.79 Å². The van der Waals surface area contributed by atoms with E-state index >= 15 is 0 Å². The predicted octanol–water partition coefficient (Wildman–Crippen LogP) is 2.82. The summed E-state index contributed by atoms with van der Waals surface area (Å²) in [5.74, 6) is 0.0656. The lowest BCUT2D eigenvalue weighted by atomic mass is 10.1. The van der Waals surface area contributed by atoms with Gasteiger partial charge in [0.05, 0.1) is 12.5 Å². The summed E-state index contributed by atoms with van der Waals surface area (Å²) in [6.07, 6.45) is 2.55. The Balaban J connectivity index is 2.17. The normalized spacial score (nSPS) is 14.1. The van der Waals surface area contributed by atoms with E-state index in [1.54, 1.807) is 0 Å². The van der Waals surface area contributed by atoms with Crippen LogP contribution in [0.1, 0.15) is 40.7 Å². The van der Waals surface area contributed by atoms with Crippen molar-refractivity contribution < 1.29 is 4.79 Å². The molecule has 0 bridgehead atoms. The van der Waals surface area contributed by atoms with Crippen molar-refractivity contribution in [1.29, 1.82) is 5.26 Å². The van der Waals surface area contributed by atoms with Crippen LogP contribution in [0.5, 0.6) is 0 Å². The van der Waals surface area contributed by atoms with Gasteiger partial charge < -0.3 is 4.90 Å². The molecule has 0 aromatic heterocycles. The number of benzene rings is 1. The molecule has 1 amide bonds. The van der Waals surface area contributed by atoms with E-state index in [4.69, 9.17) is 5.26 Å². The Kier molecular flexibility index (Phi) is 3.66. The monoisotopic (exact) mass is 242 g/mol. The van der Waals surface area contributed by atoms with Gasteiger partial charge in [-0.3, -0.25) is 4.79 Å². The molecule has 1 aliphatic rings. The topological polar surface area (TPSA) is 44.1 Å². The van der Waals surface area contributed by atoms with Gasteiger partial charge in [-0.25, -0.2) is 0 Å².